The maximum absolute atomic E-state index is 13.1. The van der Waals surface area contributed by atoms with Crippen LogP contribution in [-0.2, 0) is 30.3 Å². The molecule has 9 heteroatoms. The molecule has 0 aliphatic heterocycles. The fourth-order valence-corrected chi connectivity index (χ4v) is 5.20. The van der Waals surface area contributed by atoms with E-state index in [9.17, 15) is 19.2 Å². The molecule has 9 nitrogen and oxygen atoms in total. The van der Waals surface area contributed by atoms with Gasteiger partial charge in [0.2, 0.25) is 0 Å². The number of hydrogen-bond donors (Lipinski definition) is 1. The van der Waals surface area contributed by atoms with Crippen LogP contribution < -0.4 is 5.32 Å². The lowest BCUT2D eigenvalue weighted by Gasteiger charge is -2.24. The molecule has 1 N–H and O–H groups in total. The third kappa shape index (κ3) is 8.71. The predicted octanol–water partition coefficient (Wildman–Crippen LogP) is 6.49. The van der Waals surface area contributed by atoms with E-state index in [0.29, 0.717) is 11.1 Å². The summed E-state index contributed by atoms with van der Waals surface area (Å²) in [4.78, 5) is 50.7. The molecule has 0 bridgehead atoms. The molecule has 0 aromatic heterocycles. The van der Waals surface area contributed by atoms with Crippen LogP contribution >= 0.6 is 0 Å². The van der Waals surface area contributed by atoms with E-state index in [1.165, 1.54) is 12.1 Å². The summed E-state index contributed by atoms with van der Waals surface area (Å²) in [6.45, 7) is 5.00. The fourth-order valence-electron chi connectivity index (χ4n) is 5.20. The lowest BCUT2D eigenvalue weighted by Crippen LogP contribution is -2.46. The van der Waals surface area contributed by atoms with Crippen molar-refractivity contribution in [2.75, 3.05) is 19.8 Å². The average Bonchev–Trinajstić information content (AvgIpc) is 3.40. The third-order valence-electron chi connectivity index (χ3n) is 7.60. The molecule has 0 spiro atoms. The van der Waals surface area contributed by atoms with Crippen molar-refractivity contribution < 1.29 is 38.1 Å². The van der Waals surface area contributed by atoms with Crippen LogP contribution in [0.15, 0.2) is 103 Å². The molecule has 4 aromatic rings. The van der Waals surface area contributed by atoms with Gasteiger partial charge in [-0.1, -0.05) is 91.0 Å². The molecule has 0 radical (unpaired) electrons. The molecule has 1 aliphatic carbocycles. The minimum Gasteiger partial charge on any atom is -0.459 e. The zero-order valence-electron chi connectivity index (χ0n) is 26.6. The van der Waals surface area contributed by atoms with Gasteiger partial charge in [-0.3, -0.25) is 4.79 Å². The van der Waals surface area contributed by atoms with Gasteiger partial charge >= 0.3 is 18.0 Å². The Bertz CT molecular complexity index is 1680. The van der Waals surface area contributed by atoms with E-state index in [-0.39, 0.29) is 43.7 Å². The first-order valence-electron chi connectivity index (χ1n) is 15.4. The second-order valence-electron chi connectivity index (χ2n) is 12.1. The number of hydrogen-bond acceptors (Lipinski definition) is 8. The molecule has 1 amide bonds. The summed E-state index contributed by atoms with van der Waals surface area (Å²) >= 11 is 0. The van der Waals surface area contributed by atoms with Crippen molar-refractivity contribution >= 4 is 23.8 Å². The summed E-state index contributed by atoms with van der Waals surface area (Å²) in [7, 11) is 0. The van der Waals surface area contributed by atoms with E-state index in [4.69, 9.17) is 18.9 Å². The Morgan fingerprint density at radius 2 is 1.30 bits per heavy atom. The van der Waals surface area contributed by atoms with Crippen LogP contribution in [0.1, 0.15) is 64.1 Å². The highest BCUT2D eigenvalue weighted by molar-refractivity contribution is 5.99. The molecule has 0 unspecified atom stereocenters. The predicted molar refractivity (Wildman–Crippen MR) is 175 cm³/mol. The number of benzene rings is 4. The van der Waals surface area contributed by atoms with Crippen LogP contribution in [0.2, 0.25) is 0 Å². The summed E-state index contributed by atoms with van der Waals surface area (Å²) in [5.41, 5.74) is 5.11. The summed E-state index contributed by atoms with van der Waals surface area (Å²) in [6.07, 6.45) is -0.764. The van der Waals surface area contributed by atoms with Crippen molar-refractivity contribution in [3.05, 3.63) is 131 Å². The van der Waals surface area contributed by atoms with Gasteiger partial charge in [0.05, 0.1) is 17.8 Å². The topological polar surface area (TPSA) is 117 Å². The smallest absolute Gasteiger partial charge is 0.407 e. The van der Waals surface area contributed by atoms with E-state index in [2.05, 4.69) is 17.4 Å². The number of Topliss-reactive ketones (excluding diaryl/α,β-unsaturated/α-hetero) is 1. The SMILES string of the molecule is CC(C)(C)OC[C@H](NC(=O)OCC1c2ccccc2-c2ccccc21)C(=O)OCc1ccc(C(=O)OCC(=O)c2ccccc2)cc1. The minimum absolute atomic E-state index is 0.0942. The first kappa shape index (κ1) is 33.1. The van der Waals surface area contributed by atoms with Crippen LogP contribution in [0, 0.1) is 0 Å². The van der Waals surface area contributed by atoms with Gasteiger partial charge in [-0.25, -0.2) is 14.4 Å². The Morgan fingerprint density at radius 1 is 0.702 bits per heavy atom. The quantitative estimate of drug-likeness (QED) is 0.107. The number of ether oxygens (including phenoxy) is 4. The molecule has 47 heavy (non-hydrogen) atoms. The Labute approximate surface area is 273 Å². The van der Waals surface area contributed by atoms with E-state index >= 15 is 0 Å². The fraction of sp³-hybridized carbons (Fsp3) is 0.263. The summed E-state index contributed by atoms with van der Waals surface area (Å²) in [6, 6.07) is 29.8. The third-order valence-corrected chi connectivity index (χ3v) is 7.60. The Kier molecular flexibility index (Phi) is 10.5. The van der Waals surface area contributed by atoms with Crippen molar-refractivity contribution in [1.82, 2.24) is 5.32 Å². The molecular formula is C38H37NO8. The van der Waals surface area contributed by atoms with Crippen molar-refractivity contribution in [3.8, 4) is 11.1 Å². The first-order chi connectivity index (χ1) is 22.6. The number of rotatable bonds is 12. The van der Waals surface area contributed by atoms with Gasteiger partial charge in [0, 0.05) is 11.5 Å². The number of amides is 1. The maximum atomic E-state index is 13.1. The summed E-state index contributed by atoms with van der Waals surface area (Å²) < 4.78 is 22.1. The Morgan fingerprint density at radius 3 is 1.91 bits per heavy atom. The van der Waals surface area contributed by atoms with E-state index in [0.717, 1.165) is 22.3 Å². The molecule has 0 saturated carbocycles. The number of alkyl carbamates (subject to hydrolysis) is 1. The van der Waals surface area contributed by atoms with Gasteiger partial charge < -0.3 is 24.3 Å². The molecule has 242 valence electrons. The van der Waals surface area contributed by atoms with Crippen LogP contribution in [0.25, 0.3) is 11.1 Å². The van der Waals surface area contributed by atoms with Gasteiger partial charge in [0.1, 0.15) is 13.2 Å². The average molecular weight is 636 g/mol. The van der Waals surface area contributed by atoms with E-state index in [1.807, 2.05) is 57.2 Å². The number of carbonyl (C=O) groups excluding carboxylic acids is 4. The van der Waals surface area contributed by atoms with E-state index < -0.39 is 29.7 Å². The number of fused-ring (bicyclic) bond motifs is 3. The number of carbonyl (C=O) groups is 4. The maximum Gasteiger partial charge on any atom is 0.407 e. The Balaban J connectivity index is 1.14. The van der Waals surface area contributed by atoms with Crippen LogP contribution in [-0.4, -0.2) is 55.3 Å². The van der Waals surface area contributed by atoms with Crippen molar-refractivity contribution in [3.63, 3.8) is 0 Å². The zero-order chi connectivity index (χ0) is 33.4. The first-order valence-corrected chi connectivity index (χ1v) is 15.4. The van der Waals surface area contributed by atoms with Gasteiger partial charge in [-0.2, -0.15) is 0 Å². The summed E-state index contributed by atoms with van der Waals surface area (Å²) in [5.74, 6) is -1.79. The number of esters is 2. The van der Waals surface area contributed by atoms with Crippen molar-refractivity contribution in [2.45, 2.75) is 44.9 Å². The van der Waals surface area contributed by atoms with Gasteiger partial charge in [-0.05, 0) is 60.7 Å². The second kappa shape index (κ2) is 14.9. The highest BCUT2D eigenvalue weighted by Gasteiger charge is 2.30. The van der Waals surface area contributed by atoms with Crippen molar-refractivity contribution in [1.29, 1.82) is 0 Å². The molecule has 0 saturated heterocycles. The number of ketones is 1. The normalized spacial score (nSPS) is 12.7. The van der Waals surface area contributed by atoms with Gasteiger partial charge in [0.25, 0.3) is 0 Å². The minimum atomic E-state index is -1.12. The second-order valence-corrected chi connectivity index (χ2v) is 12.1. The summed E-state index contributed by atoms with van der Waals surface area (Å²) in [5, 5.41) is 2.61. The van der Waals surface area contributed by atoms with Gasteiger partial charge in [-0.15, -0.1) is 0 Å². The van der Waals surface area contributed by atoms with Crippen molar-refractivity contribution in [2.24, 2.45) is 0 Å². The molecule has 1 atom stereocenters. The molecule has 0 fully saturated rings. The molecule has 1 aliphatic rings. The molecule has 5 rings (SSSR count). The Hall–Kier alpha value is -5.28. The van der Waals surface area contributed by atoms with E-state index in [1.54, 1.807) is 42.5 Å². The molecule has 4 aromatic carbocycles. The van der Waals surface area contributed by atoms with Gasteiger partial charge in [0.15, 0.2) is 18.4 Å². The highest BCUT2D eigenvalue weighted by atomic mass is 16.6. The monoisotopic (exact) mass is 635 g/mol. The molecule has 0 heterocycles. The highest BCUT2D eigenvalue weighted by Crippen LogP contribution is 2.44. The zero-order valence-corrected chi connectivity index (χ0v) is 26.6. The molecular weight excluding hydrogens is 598 g/mol. The lowest BCUT2D eigenvalue weighted by molar-refractivity contribution is -0.150. The van der Waals surface area contributed by atoms with Crippen LogP contribution in [0.3, 0.4) is 0 Å². The standard InChI is InChI=1S/C38H37NO8/c1-38(2,3)47-23-33(39-37(43)46-22-32-30-15-9-7-13-28(30)29-14-8-10-16-31(29)32)36(42)44-21-25-17-19-27(20-18-25)35(41)45-24-34(40)26-11-5-4-6-12-26/h4-20,32-33H,21-24H2,1-3H3,(H,39,43)/t33-/m0/s1. The van der Waals surface area contributed by atoms with Crippen LogP contribution in [0.4, 0.5) is 4.79 Å². The van der Waals surface area contributed by atoms with Crippen LogP contribution in [0.5, 0.6) is 0 Å². The largest absolute Gasteiger partial charge is 0.459 e. The number of nitrogens with one attached hydrogen (secondary N) is 1. The lowest BCUT2D eigenvalue weighted by atomic mass is 9.98.